The van der Waals surface area contributed by atoms with E-state index in [1.807, 2.05) is 19.9 Å². The number of hydrogen-bond donors (Lipinski definition) is 1. The van der Waals surface area contributed by atoms with Crippen LogP contribution in [0.2, 0.25) is 0 Å². The Kier molecular flexibility index (Phi) is 5.62. The molecule has 1 N–H and O–H groups in total. The van der Waals surface area contributed by atoms with Gasteiger partial charge >= 0.3 is 0 Å². The van der Waals surface area contributed by atoms with E-state index in [0.29, 0.717) is 19.0 Å². The maximum Gasteiger partial charge on any atom is 0.227 e. The van der Waals surface area contributed by atoms with Gasteiger partial charge in [0.1, 0.15) is 0 Å². The Morgan fingerprint density at radius 1 is 1.21 bits per heavy atom. The van der Waals surface area contributed by atoms with Gasteiger partial charge in [-0.15, -0.1) is 0 Å². The summed E-state index contributed by atoms with van der Waals surface area (Å²) in [6, 6.07) is 10.2. The first-order valence-corrected chi connectivity index (χ1v) is 8.94. The van der Waals surface area contributed by atoms with Gasteiger partial charge in [-0.05, 0) is 54.1 Å². The van der Waals surface area contributed by atoms with Gasteiger partial charge in [-0.2, -0.15) is 10.1 Å². The maximum atomic E-state index is 5.38. The summed E-state index contributed by atoms with van der Waals surface area (Å²) in [5, 5.41) is 4.45. The molecule has 0 unspecified atom stereocenters. The molecular formula is C17H20IN5O. The van der Waals surface area contributed by atoms with Crippen LogP contribution in [0.1, 0.15) is 18.2 Å². The zero-order valence-electron chi connectivity index (χ0n) is 13.8. The van der Waals surface area contributed by atoms with Crippen LogP contribution in [-0.2, 0) is 4.74 Å². The van der Waals surface area contributed by atoms with Crippen molar-refractivity contribution in [3.05, 3.63) is 45.2 Å². The van der Waals surface area contributed by atoms with Crippen LogP contribution in [0.4, 0.5) is 11.8 Å². The van der Waals surface area contributed by atoms with Crippen molar-refractivity contribution < 1.29 is 4.74 Å². The van der Waals surface area contributed by atoms with E-state index in [2.05, 4.69) is 72.3 Å². The van der Waals surface area contributed by atoms with E-state index >= 15 is 0 Å². The molecule has 0 radical (unpaired) electrons. The fourth-order valence-corrected chi connectivity index (χ4v) is 2.77. The first kappa shape index (κ1) is 17.1. The highest BCUT2D eigenvalue weighted by Gasteiger charge is 2.14. The van der Waals surface area contributed by atoms with Gasteiger partial charge in [0, 0.05) is 28.4 Å². The van der Waals surface area contributed by atoms with Crippen molar-refractivity contribution >= 4 is 40.1 Å². The molecule has 7 heteroatoms. The topological polar surface area (TPSA) is 62.6 Å². The van der Waals surface area contributed by atoms with Gasteiger partial charge in [0.2, 0.25) is 5.95 Å². The third-order valence-corrected chi connectivity index (χ3v) is 4.46. The lowest BCUT2D eigenvalue weighted by Gasteiger charge is -2.27. The molecule has 0 bridgehead atoms. The van der Waals surface area contributed by atoms with Crippen LogP contribution in [0.3, 0.4) is 0 Å². The standard InChI is InChI=1S/C17H20IN5O/c1-12-11-16(20-17(19-12)23-7-9-24-10-8-23)22-21-13(2)14-3-5-15(18)6-4-14/h3-6,11H,7-10H2,1-2H3,(H,19,20,22)/b21-13+. The Bertz CT molecular complexity index is 726. The van der Waals surface area contributed by atoms with E-state index in [9.17, 15) is 0 Å². The van der Waals surface area contributed by atoms with E-state index in [4.69, 9.17) is 4.74 Å². The summed E-state index contributed by atoms with van der Waals surface area (Å²) < 4.78 is 6.59. The van der Waals surface area contributed by atoms with Crippen molar-refractivity contribution in [1.82, 2.24) is 9.97 Å². The van der Waals surface area contributed by atoms with Crippen molar-refractivity contribution in [2.45, 2.75) is 13.8 Å². The molecule has 0 aliphatic carbocycles. The lowest BCUT2D eigenvalue weighted by molar-refractivity contribution is 0.122. The van der Waals surface area contributed by atoms with Crippen LogP contribution in [0.15, 0.2) is 35.4 Å². The molecule has 0 atom stereocenters. The Morgan fingerprint density at radius 2 is 1.92 bits per heavy atom. The fraction of sp³-hybridized carbons (Fsp3) is 0.353. The minimum Gasteiger partial charge on any atom is -0.378 e. The largest absolute Gasteiger partial charge is 0.378 e. The molecule has 1 fully saturated rings. The van der Waals surface area contributed by atoms with Crippen molar-refractivity contribution in [2.75, 3.05) is 36.6 Å². The molecule has 2 heterocycles. The summed E-state index contributed by atoms with van der Waals surface area (Å²) in [7, 11) is 0. The molecule has 1 aromatic carbocycles. The van der Waals surface area contributed by atoms with Crippen LogP contribution < -0.4 is 10.3 Å². The number of benzene rings is 1. The van der Waals surface area contributed by atoms with E-state index in [1.54, 1.807) is 0 Å². The average Bonchev–Trinajstić information content (AvgIpc) is 2.60. The monoisotopic (exact) mass is 437 g/mol. The van der Waals surface area contributed by atoms with Crippen LogP contribution in [-0.4, -0.2) is 42.0 Å². The number of aryl methyl sites for hydroxylation is 1. The number of aromatic nitrogens is 2. The second-order valence-electron chi connectivity index (χ2n) is 5.61. The summed E-state index contributed by atoms with van der Waals surface area (Å²) in [5.41, 5.74) is 5.97. The number of nitrogens with one attached hydrogen (secondary N) is 1. The molecule has 0 amide bonds. The third kappa shape index (κ3) is 4.41. The molecule has 6 nitrogen and oxygen atoms in total. The van der Waals surface area contributed by atoms with E-state index in [-0.39, 0.29) is 0 Å². The van der Waals surface area contributed by atoms with Crippen LogP contribution in [0.5, 0.6) is 0 Å². The number of morpholine rings is 1. The normalized spacial score (nSPS) is 15.5. The highest BCUT2D eigenvalue weighted by molar-refractivity contribution is 14.1. The lowest BCUT2D eigenvalue weighted by Crippen LogP contribution is -2.37. The van der Waals surface area contributed by atoms with E-state index < -0.39 is 0 Å². The SMILES string of the molecule is C/C(=N\Nc1cc(C)nc(N2CCOCC2)n1)c1ccc(I)cc1. The molecule has 0 saturated carbocycles. The van der Waals surface area contributed by atoms with E-state index in [0.717, 1.165) is 36.0 Å². The van der Waals surface area contributed by atoms with Crippen molar-refractivity contribution in [1.29, 1.82) is 0 Å². The molecule has 1 aliphatic heterocycles. The van der Waals surface area contributed by atoms with Gasteiger partial charge in [0.15, 0.2) is 5.82 Å². The molecule has 1 saturated heterocycles. The second kappa shape index (κ2) is 7.89. The molecule has 3 rings (SSSR count). The van der Waals surface area contributed by atoms with Crippen molar-refractivity contribution in [3.63, 3.8) is 0 Å². The molecule has 2 aromatic rings. The summed E-state index contributed by atoms with van der Waals surface area (Å²) in [6.45, 7) is 6.99. The number of ether oxygens (including phenoxy) is 1. The number of anilines is 2. The number of hydrogen-bond acceptors (Lipinski definition) is 6. The molecule has 1 aliphatic rings. The summed E-state index contributed by atoms with van der Waals surface area (Å²) in [6.07, 6.45) is 0. The predicted molar refractivity (Wildman–Crippen MR) is 105 cm³/mol. The Balaban J connectivity index is 1.75. The second-order valence-corrected chi connectivity index (χ2v) is 6.86. The zero-order chi connectivity index (χ0) is 16.9. The minimum atomic E-state index is 0.703. The van der Waals surface area contributed by atoms with Crippen LogP contribution >= 0.6 is 22.6 Å². The van der Waals surface area contributed by atoms with E-state index in [1.165, 1.54) is 3.57 Å². The molecule has 0 spiro atoms. The quantitative estimate of drug-likeness (QED) is 0.453. The number of halogens is 1. The highest BCUT2D eigenvalue weighted by Crippen LogP contribution is 2.15. The third-order valence-electron chi connectivity index (χ3n) is 3.74. The molecular weight excluding hydrogens is 417 g/mol. The summed E-state index contributed by atoms with van der Waals surface area (Å²) >= 11 is 2.29. The van der Waals surface area contributed by atoms with Crippen molar-refractivity contribution in [3.8, 4) is 0 Å². The van der Waals surface area contributed by atoms with Gasteiger partial charge in [-0.25, -0.2) is 4.98 Å². The van der Waals surface area contributed by atoms with Gasteiger partial charge in [0.25, 0.3) is 0 Å². The summed E-state index contributed by atoms with van der Waals surface area (Å²) in [4.78, 5) is 11.2. The molecule has 24 heavy (non-hydrogen) atoms. The molecule has 1 aromatic heterocycles. The van der Waals surface area contributed by atoms with Crippen LogP contribution in [0, 0.1) is 10.5 Å². The van der Waals surface area contributed by atoms with Crippen molar-refractivity contribution in [2.24, 2.45) is 5.10 Å². The average molecular weight is 437 g/mol. The number of hydrazone groups is 1. The first-order valence-electron chi connectivity index (χ1n) is 7.86. The predicted octanol–water partition coefficient (Wildman–Crippen LogP) is 3.06. The highest BCUT2D eigenvalue weighted by atomic mass is 127. The van der Waals surface area contributed by atoms with Gasteiger partial charge in [0.05, 0.1) is 18.9 Å². The zero-order valence-corrected chi connectivity index (χ0v) is 15.9. The van der Waals surface area contributed by atoms with Gasteiger partial charge in [-0.1, -0.05) is 12.1 Å². The molecule has 126 valence electrons. The smallest absolute Gasteiger partial charge is 0.227 e. The van der Waals surface area contributed by atoms with Gasteiger partial charge < -0.3 is 9.64 Å². The Hall–Kier alpha value is -1.74. The van der Waals surface area contributed by atoms with Gasteiger partial charge in [-0.3, -0.25) is 5.43 Å². The lowest BCUT2D eigenvalue weighted by atomic mass is 10.1. The Labute approximate surface area is 155 Å². The summed E-state index contributed by atoms with van der Waals surface area (Å²) in [5.74, 6) is 1.43. The number of nitrogens with zero attached hydrogens (tertiary/aromatic N) is 4. The van der Waals surface area contributed by atoms with Crippen LogP contribution in [0.25, 0.3) is 0 Å². The number of rotatable bonds is 4. The fourth-order valence-electron chi connectivity index (χ4n) is 2.41. The minimum absolute atomic E-state index is 0.703. The Morgan fingerprint density at radius 3 is 2.62 bits per heavy atom. The first-order chi connectivity index (χ1) is 11.6. The maximum absolute atomic E-state index is 5.38.